The molecule has 0 unspecified atom stereocenters. The molecular formula is C22H21ClN4O2S. The normalized spacial score (nSPS) is 11.1. The van der Waals surface area contributed by atoms with E-state index in [9.17, 15) is 4.79 Å². The molecule has 6 nitrogen and oxygen atoms in total. The van der Waals surface area contributed by atoms with Gasteiger partial charge in [0.15, 0.2) is 5.65 Å². The number of hydrogen-bond donors (Lipinski definition) is 0. The van der Waals surface area contributed by atoms with Crippen LogP contribution in [0.3, 0.4) is 0 Å². The smallest absolute Gasteiger partial charge is 0.254 e. The number of fused-ring (bicyclic) bond motifs is 1. The zero-order valence-electron chi connectivity index (χ0n) is 16.9. The van der Waals surface area contributed by atoms with Crippen LogP contribution in [0.5, 0.6) is 5.75 Å². The molecule has 0 aliphatic rings. The molecule has 0 atom stereocenters. The first-order valence-electron chi connectivity index (χ1n) is 9.46. The van der Waals surface area contributed by atoms with E-state index in [1.54, 1.807) is 40.1 Å². The van der Waals surface area contributed by atoms with Gasteiger partial charge in [0.1, 0.15) is 12.4 Å². The summed E-state index contributed by atoms with van der Waals surface area (Å²) in [7, 11) is 3.61. The maximum absolute atomic E-state index is 13.3. The minimum atomic E-state index is -0.0917. The van der Waals surface area contributed by atoms with E-state index in [0.717, 1.165) is 21.7 Å². The van der Waals surface area contributed by atoms with E-state index in [1.807, 2.05) is 49.7 Å². The third-order valence-corrected chi connectivity index (χ3v) is 5.94. The van der Waals surface area contributed by atoms with Crippen LogP contribution in [0.25, 0.3) is 21.6 Å². The minimum absolute atomic E-state index is 0.0917. The Morgan fingerprint density at radius 1 is 1.27 bits per heavy atom. The summed E-state index contributed by atoms with van der Waals surface area (Å²) in [5.74, 6) is 0.587. The number of ether oxygens (including phenoxy) is 1. The number of aryl methyl sites for hydroxylation is 2. The van der Waals surface area contributed by atoms with Crippen molar-refractivity contribution >= 4 is 39.9 Å². The average molecular weight is 441 g/mol. The highest BCUT2D eigenvalue weighted by Crippen LogP contribution is 2.29. The zero-order valence-corrected chi connectivity index (χ0v) is 18.5. The van der Waals surface area contributed by atoms with Crippen LogP contribution in [0.4, 0.5) is 0 Å². The molecule has 0 aliphatic heterocycles. The van der Waals surface area contributed by atoms with Crippen molar-refractivity contribution in [3.05, 3.63) is 64.1 Å². The van der Waals surface area contributed by atoms with Gasteiger partial charge >= 0.3 is 0 Å². The van der Waals surface area contributed by atoms with E-state index >= 15 is 0 Å². The number of likely N-dealkylation sites (N-methyl/N-ethyl adjacent to an activating group) is 1. The molecule has 30 heavy (non-hydrogen) atoms. The van der Waals surface area contributed by atoms with Gasteiger partial charge in [0.05, 0.1) is 33.8 Å². The van der Waals surface area contributed by atoms with E-state index in [0.29, 0.717) is 35.1 Å². The maximum atomic E-state index is 13.3. The summed E-state index contributed by atoms with van der Waals surface area (Å²) in [5.41, 5.74) is 2.85. The molecule has 0 fully saturated rings. The van der Waals surface area contributed by atoms with Gasteiger partial charge in [-0.1, -0.05) is 23.7 Å². The highest BCUT2D eigenvalue weighted by molar-refractivity contribution is 7.13. The van der Waals surface area contributed by atoms with Crippen molar-refractivity contribution < 1.29 is 9.53 Å². The number of rotatable bonds is 6. The fourth-order valence-electron chi connectivity index (χ4n) is 3.33. The molecule has 4 rings (SSSR count). The molecule has 0 N–H and O–H groups in total. The topological polar surface area (TPSA) is 60.2 Å². The lowest BCUT2D eigenvalue weighted by Crippen LogP contribution is -2.31. The summed E-state index contributed by atoms with van der Waals surface area (Å²) < 4.78 is 7.46. The minimum Gasteiger partial charge on any atom is -0.492 e. The second kappa shape index (κ2) is 8.45. The van der Waals surface area contributed by atoms with Crippen molar-refractivity contribution in [3.8, 4) is 16.3 Å². The highest BCUT2D eigenvalue weighted by Gasteiger charge is 2.22. The SMILES string of the molecule is Cc1nn(C)c2nc(-c3cccs3)cc(C(=O)N(C)CCOc3cccc(Cl)c3)c12. The van der Waals surface area contributed by atoms with E-state index < -0.39 is 0 Å². The molecule has 0 saturated heterocycles. The second-order valence-corrected chi connectivity index (χ2v) is 8.36. The molecule has 0 aliphatic carbocycles. The van der Waals surface area contributed by atoms with Gasteiger partial charge in [-0.2, -0.15) is 5.10 Å². The molecule has 0 bridgehead atoms. The Bertz CT molecular complexity index is 1200. The monoisotopic (exact) mass is 440 g/mol. The number of amides is 1. The average Bonchev–Trinajstić information content (AvgIpc) is 3.35. The fraction of sp³-hybridized carbons (Fsp3) is 0.227. The number of aromatic nitrogens is 3. The third kappa shape index (κ3) is 4.04. The number of nitrogens with zero attached hydrogens (tertiary/aromatic N) is 4. The summed E-state index contributed by atoms with van der Waals surface area (Å²) in [6, 6.07) is 13.0. The molecule has 3 aromatic heterocycles. The first-order chi connectivity index (χ1) is 14.4. The van der Waals surface area contributed by atoms with Gasteiger partial charge in [-0.05, 0) is 42.6 Å². The molecule has 0 radical (unpaired) electrons. The Labute approximate surface area is 183 Å². The number of carbonyl (C=O) groups is 1. The molecule has 154 valence electrons. The molecule has 8 heteroatoms. The van der Waals surface area contributed by atoms with Gasteiger partial charge in [0.25, 0.3) is 5.91 Å². The quantitative estimate of drug-likeness (QED) is 0.431. The lowest BCUT2D eigenvalue weighted by atomic mass is 10.1. The Hall–Kier alpha value is -2.90. The molecule has 1 amide bonds. The molecule has 3 heterocycles. The van der Waals surface area contributed by atoms with Crippen LogP contribution in [0.2, 0.25) is 5.02 Å². The summed E-state index contributed by atoms with van der Waals surface area (Å²) in [4.78, 5) is 20.7. The Balaban J connectivity index is 1.60. The van der Waals surface area contributed by atoms with E-state index in [-0.39, 0.29) is 5.91 Å². The predicted octanol–water partition coefficient (Wildman–Crippen LogP) is 4.81. The lowest BCUT2D eigenvalue weighted by Gasteiger charge is -2.18. The van der Waals surface area contributed by atoms with Crippen LogP contribution in [-0.4, -0.2) is 45.8 Å². The van der Waals surface area contributed by atoms with Gasteiger partial charge in [-0.15, -0.1) is 11.3 Å². The number of pyridine rings is 1. The van der Waals surface area contributed by atoms with Crippen LogP contribution in [0, 0.1) is 6.92 Å². The first-order valence-corrected chi connectivity index (χ1v) is 10.7. The number of hydrogen-bond acceptors (Lipinski definition) is 5. The van der Waals surface area contributed by atoms with E-state index in [2.05, 4.69) is 5.10 Å². The lowest BCUT2D eigenvalue weighted by molar-refractivity contribution is 0.0775. The Morgan fingerprint density at radius 2 is 2.10 bits per heavy atom. The molecule has 0 saturated carbocycles. The summed E-state index contributed by atoms with van der Waals surface area (Å²) >= 11 is 7.58. The number of carbonyl (C=O) groups excluding carboxylic acids is 1. The van der Waals surface area contributed by atoms with Crippen LogP contribution in [0.1, 0.15) is 16.1 Å². The zero-order chi connectivity index (χ0) is 21.3. The first kappa shape index (κ1) is 20.4. The fourth-order valence-corrected chi connectivity index (χ4v) is 4.19. The van der Waals surface area contributed by atoms with Gasteiger partial charge in [0, 0.05) is 19.1 Å². The summed E-state index contributed by atoms with van der Waals surface area (Å²) in [6.07, 6.45) is 0. The van der Waals surface area contributed by atoms with Gasteiger partial charge in [0.2, 0.25) is 0 Å². The number of benzene rings is 1. The van der Waals surface area contributed by atoms with Crippen molar-refractivity contribution in [2.24, 2.45) is 7.05 Å². The van der Waals surface area contributed by atoms with Crippen LogP contribution >= 0.6 is 22.9 Å². The van der Waals surface area contributed by atoms with Gasteiger partial charge < -0.3 is 9.64 Å². The summed E-state index contributed by atoms with van der Waals surface area (Å²) in [6.45, 7) is 2.69. The third-order valence-electron chi connectivity index (χ3n) is 4.81. The molecule has 4 aromatic rings. The second-order valence-electron chi connectivity index (χ2n) is 6.97. The van der Waals surface area contributed by atoms with Crippen LogP contribution in [0.15, 0.2) is 47.8 Å². The van der Waals surface area contributed by atoms with Crippen molar-refractivity contribution in [1.82, 2.24) is 19.7 Å². The van der Waals surface area contributed by atoms with Crippen LogP contribution < -0.4 is 4.74 Å². The van der Waals surface area contributed by atoms with E-state index in [1.165, 1.54) is 0 Å². The Morgan fingerprint density at radius 3 is 2.83 bits per heavy atom. The van der Waals surface area contributed by atoms with Gasteiger partial charge in [-0.25, -0.2) is 4.98 Å². The summed E-state index contributed by atoms with van der Waals surface area (Å²) in [5, 5.41) is 7.87. The number of thiophene rings is 1. The predicted molar refractivity (Wildman–Crippen MR) is 120 cm³/mol. The van der Waals surface area contributed by atoms with Crippen molar-refractivity contribution in [2.45, 2.75) is 6.92 Å². The van der Waals surface area contributed by atoms with Crippen LogP contribution in [-0.2, 0) is 7.05 Å². The van der Waals surface area contributed by atoms with Gasteiger partial charge in [-0.3, -0.25) is 9.48 Å². The number of halogens is 1. The van der Waals surface area contributed by atoms with Crippen molar-refractivity contribution in [1.29, 1.82) is 0 Å². The van der Waals surface area contributed by atoms with Crippen molar-refractivity contribution in [2.75, 3.05) is 20.2 Å². The standard InChI is InChI=1S/C22H21ClN4O2S/c1-14-20-17(13-18(19-8-5-11-30-19)24-21(20)27(3)25-14)22(28)26(2)9-10-29-16-7-4-6-15(23)12-16/h4-8,11-13H,9-10H2,1-3H3. The Kier molecular flexibility index (Phi) is 5.74. The van der Waals surface area contributed by atoms with Crippen molar-refractivity contribution in [3.63, 3.8) is 0 Å². The molecule has 1 aromatic carbocycles. The maximum Gasteiger partial charge on any atom is 0.254 e. The highest BCUT2D eigenvalue weighted by atomic mass is 35.5. The molecule has 0 spiro atoms. The van der Waals surface area contributed by atoms with E-state index in [4.69, 9.17) is 21.3 Å². The molecular weight excluding hydrogens is 420 g/mol. The largest absolute Gasteiger partial charge is 0.492 e.